The van der Waals surface area contributed by atoms with Gasteiger partial charge < -0.3 is 4.90 Å². The molecule has 0 aromatic heterocycles. The number of anilines is 1. The molecule has 19 heavy (non-hydrogen) atoms. The Balaban J connectivity index is 2.52. The summed E-state index contributed by atoms with van der Waals surface area (Å²) in [4.78, 5) is 13.7. The lowest BCUT2D eigenvalue weighted by Crippen LogP contribution is -2.27. The largest absolute Gasteiger partial charge is 0.310 e. The van der Waals surface area contributed by atoms with Gasteiger partial charge in [-0.05, 0) is 26.0 Å². The second-order valence-corrected chi connectivity index (χ2v) is 8.13. The number of para-hydroxylation sites is 1. The molecule has 1 amide bonds. The molecule has 6 heteroatoms. The third-order valence-electron chi connectivity index (χ3n) is 3.19. The molecule has 1 unspecified atom stereocenters. The molecule has 1 aliphatic rings. The standard InChI is InChI=1S/C13H17NO3S2/c1-9(2)19(16,17)12-6-4-3-5-11(12)14-8-10(18)7-13(14)15/h3-6,9-10,18H,7-8H2,1-2H3. The van der Waals surface area contributed by atoms with E-state index >= 15 is 0 Å². The predicted octanol–water partition coefficient (Wildman–Crippen LogP) is 1.90. The van der Waals surface area contributed by atoms with Crippen molar-refractivity contribution in [2.45, 2.75) is 35.7 Å². The molecule has 1 saturated heterocycles. The van der Waals surface area contributed by atoms with Crippen molar-refractivity contribution >= 4 is 34.1 Å². The van der Waals surface area contributed by atoms with Crippen molar-refractivity contribution in [1.29, 1.82) is 0 Å². The van der Waals surface area contributed by atoms with Crippen molar-refractivity contribution in [2.24, 2.45) is 0 Å². The van der Waals surface area contributed by atoms with Crippen molar-refractivity contribution in [3.8, 4) is 0 Å². The Morgan fingerprint density at radius 3 is 2.47 bits per heavy atom. The third-order valence-corrected chi connectivity index (χ3v) is 5.73. The Hall–Kier alpha value is -1.01. The minimum atomic E-state index is -3.40. The van der Waals surface area contributed by atoms with Crippen LogP contribution in [0, 0.1) is 0 Å². The molecule has 1 fully saturated rings. The third kappa shape index (κ3) is 2.65. The number of hydrogen-bond donors (Lipinski definition) is 1. The summed E-state index contributed by atoms with van der Waals surface area (Å²) in [5.74, 6) is -0.0774. The first-order valence-electron chi connectivity index (χ1n) is 6.15. The topological polar surface area (TPSA) is 54.5 Å². The SMILES string of the molecule is CC(C)S(=O)(=O)c1ccccc1N1CC(S)CC1=O. The molecule has 2 rings (SSSR count). The number of nitrogens with zero attached hydrogens (tertiary/aromatic N) is 1. The first kappa shape index (κ1) is 14.4. The maximum Gasteiger partial charge on any atom is 0.228 e. The van der Waals surface area contributed by atoms with Crippen molar-refractivity contribution in [1.82, 2.24) is 0 Å². The highest BCUT2D eigenvalue weighted by molar-refractivity contribution is 7.92. The van der Waals surface area contributed by atoms with Crippen LogP contribution in [0.25, 0.3) is 0 Å². The van der Waals surface area contributed by atoms with Gasteiger partial charge in [-0.15, -0.1) is 0 Å². The highest BCUT2D eigenvalue weighted by Crippen LogP contribution is 2.31. The van der Waals surface area contributed by atoms with Crippen LogP contribution in [0.2, 0.25) is 0 Å². The summed E-state index contributed by atoms with van der Waals surface area (Å²) in [5, 5.41) is -0.555. The Bertz CT molecular complexity index is 596. The summed E-state index contributed by atoms with van der Waals surface area (Å²) in [5.41, 5.74) is 0.470. The van der Waals surface area contributed by atoms with Gasteiger partial charge in [0.2, 0.25) is 5.91 Å². The Morgan fingerprint density at radius 1 is 1.32 bits per heavy atom. The number of sulfone groups is 1. The van der Waals surface area contributed by atoms with E-state index in [-0.39, 0.29) is 16.1 Å². The minimum Gasteiger partial charge on any atom is -0.310 e. The second-order valence-electron chi connectivity index (χ2n) is 4.92. The number of carbonyl (C=O) groups is 1. The normalized spacial score (nSPS) is 20.3. The van der Waals surface area contributed by atoms with Gasteiger partial charge in [-0.3, -0.25) is 4.79 Å². The monoisotopic (exact) mass is 299 g/mol. The summed E-state index contributed by atoms with van der Waals surface area (Å²) >= 11 is 4.30. The zero-order valence-electron chi connectivity index (χ0n) is 10.9. The fourth-order valence-electron chi connectivity index (χ4n) is 2.10. The van der Waals surface area contributed by atoms with Crippen molar-refractivity contribution in [3.05, 3.63) is 24.3 Å². The van der Waals surface area contributed by atoms with E-state index in [1.807, 2.05) is 0 Å². The molecular weight excluding hydrogens is 282 g/mol. The molecule has 0 aliphatic carbocycles. The van der Waals surface area contributed by atoms with Gasteiger partial charge in [0.05, 0.1) is 15.8 Å². The maximum atomic E-state index is 12.3. The van der Waals surface area contributed by atoms with Crippen LogP contribution < -0.4 is 4.90 Å². The van der Waals surface area contributed by atoms with E-state index < -0.39 is 15.1 Å². The zero-order chi connectivity index (χ0) is 14.2. The van der Waals surface area contributed by atoms with Crippen molar-refractivity contribution < 1.29 is 13.2 Å². The number of carbonyl (C=O) groups excluding carboxylic acids is 1. The highest BCUT2D eigenvalue weighted by atomic mass is 32.2. The molecule has 104 valence electrons. The van der Waals surface area contributed by atoms with Crippen LogP contribution in [0.5, 0.6) is 0 Å². The number of benzene rings is 1. The van der Waals surface area contributed by atoms with Crippen molar-refractivity contribution in [2.75, 3.05) is 11.4 Å². The molecule has 4 nitrogen and oxygen atoms in total. The first-order valence-corrected chi connectivity index (χ1v) is 8.21. The average molecular weight is 299 g/mol. The molecule has 1 aromatic rings. The van der Waals surface area contributed by atoms with Crippen LogP contribution in [0.15, 0.2) is 29.2 Å². The lowest BCUT2D eigenvalue weighted by Gasteiger charge is -2.20. The molecule has 1 heterocycles. The Morgan fingerprint density at radius 2 is 1.95 bits per heavy atom. The van der Waals surface area contributed by atoms with E-state index in [0.717, 1.165) is 0 Å². The smallest absolute Gasteiger partial charge is 0.228 e. The number of thiol groups is 1. The van der Waals surface area contributed by atoms with E-state index in [1.165, 1.54) is 4.90 Å². The van der Waals surface area contributed by atoms with Crippen LogP contribution in [0.4, 0.5) is 5.69 Å². The summed E-state index contributed by atoms with van der Waals surface area (Å²) < 4.78 is 24.7. The van der Waals surface area contributed by atoms with Gasteiger partial charge in [0.15, 0.2) is 9.84 Å². The highest BCUT2D eigenvalue weighted by Gasteiger charge is 2.32. The van der Waals surface area contributed by atoms with Gasteiger partial charge in [0.1, 0.15) is 0 Å². The first-order chi connectivity index (χ1) is 8.84. The van der Waals surface area contributed by atoms with Gasteiger partial charge in [-0.1, -0.05) is 12.1 Å². The second kappa shape index (κ2) is 5.17. The Kier molecular flexibility index (Phi) is 3.92. The van der Waals surface area contributed by atoms with Gasteiger partial charge in [-0.2, -0.15) is 12.6 Å². The molecule has 1 aromatic carbocycles. The van der Waals surface area contributed by atoms with Crippen molar-refractivity contribution in [3.63, 3.8) is 0 Å². The maximum absolute atomic E-state index is 12.3. The summed E-state index contributed by atoms with van der Waals surface area (Å²) in [6.45, 7) is 3.73. The predicted molar refractivity (Wildman–Crippen MR) is 78.5 cm³/mol. The molecule has 0 radical (unpaired) electrons. The van der Waals surface area contributed by atoms with Crippen LogP contribution in [-0.2, 0) is 14.6 Å². The zero-order valence-corrected chi connectivity index (χ0v) is 12.6. The van der Waals surface area contributed by atoms with Gasteiger partial charge >= 0.3 is 0 Å². The lowest BCUT2D eigenvalue weighted by atomic mass is 10.3. The van der Waals surface area contributed by atoms with E-state index in [4.69, 9.17) is 0 Å². The Labute approximate surface area is 119 Å². The molecule has 0 spiro atoms. The summed E-state index contributed by atoms with van der Waals surface area (Å²) in [6.07, 6.45) is 0.346. The van der Waals surface area contributed by atoms with Crippen LogP contribution in [-0.4, -0.2) is 31.4 Å². The summed E-state index contributed by atoms with van der Waals surface area (Å²) in [7, 11) is -3.40. The molecule has 0 N–H and O–H groups in total. The van der Waals surface area contributed by atoms with Gasteiger partial charge in [-0.25, -0.2) is 8.42 Å². The van der Waals surface area contributed by atoms with Crippen LogP contribution in [0.1, 0.15) is 20.3 Å². The van der Waals surface area contributed by atoms with Gasteiger partial charge in [0, 0.05) is 18.2 Å². The van der Waals surface area contributed by atoms with E-state index in [1.54, 1.807) is 38.1 Å². The fourth-order valence-corrected chi connectivity index (χ4v) is 3.66. The van der Waals surface area contributed by atoms with E-state index in [2.05, 4.69) is 12.6 Å². The van der Waals surface area contributed by atoms with E-state index in [0.29, 0.717) is 18.7 Å². The number of rotatable bonds is 3. The average Bonchev–Trinajstić information content (AvgIpc) is 2.68. The molecular formula is C13H17NO3S2. The minimum absolute atomic E-state index is 0.0395. The number of amides is 1. The quantitative estimate of drug-likeness (QED) is 0.867. The van der Waals surface area contributed by atoms with Crippen LogP contribution in [0.3, 0.4) is 0 Å². The lowest BCUT2D eigenvalue weighted by molar-refractivity contribution is -0.117. The van der Waals surface area contributed by atoms with Crippen LogP contribution >= 0.6 is 12.6 Å². The molecule has 1 aliphatic heterocycles. The van der Waals surface area contributed by atoms with Gasteiger partial charge in [0.25, 0.3) is 0 Å². The number of hydrogen-bond acceptors (Lipinski definition) is 4. The molecule has 1 atom stereocenters. The molecule has 0 bridgehead atoms. The van der Waals surface area contributed by atoms with E-state index in [9.17, 15) is 13.2 Å². The summed E-state index contributed by atoms with van der Waals surface area (Å²) in [6, 6.07) is 6.66. The molecule has 0 saturated carbocycles. The fraction of sp³-hybridized carbons (Fsp3) is 0.462.